The number of carbonyl (C=O) groups is 1. The van der Waals surface area contributed by atoms with Crippen molar-refractivity contribution in [2.75, 3.05) is 25.0 Å². The minimum absolute atomic E-state index is 0.101. The van der Waals surface area contributed by atoms with E-state index in [1.807, 2.05) is 6.92 Å². The highest BCUT2D eigenvalue weighted by Crippen LogP contribution is 2.32. The second-order valence-corrected chi connectivity index (χ2v) is 4.79. The second kappa shape index (κ2) is 5.73. The summed E-state index contributed by atoms with van der Waals surface area (Å²) >= 11 is 0. The molecule has 1 fully saturated rings. The minimum atomic E-state index is -4.44. The molecule has 3 nitrogen and oxygen atoms in total. The smallest absolute Gasteiger partial charge is 0.385 e. The number of alkyl halides is 3. The van der Waals surface area contributed by atoms with E-state index in [-0.39, 0.29) is 11.5 Å². The lowest BCUT2D eigenvalue weighted by Gasteiger charge is -2.19. The fourth-order valence-electron chi connectivity index (χ4n) is 2.33. The molecule has 0 spiro atoms. The molecule has 0 aliphatic carbocycles. The van der Waals surface area contributed by atoms with Crippen molar-refractivity contribution in [1.29, 1.82) is 0 Å². The molecule has 1 aromatic rings. The lowest BCUT2D eigenvalue weighted by atomic mass is 10.1. The van der Waals surface area contributed by atoms with Crippen LogP contribution in [0.25, 0.3) is 0 Å². The summed E-state index contributed by atoms with van der Waals surface area (Å²) in [6, 6.07) is 3.27. The van der Waals surface area contributed by atoms with E-state index in [0.29, 0.717) is 25.3 Å². The molecule has 1 aromatic carbocycles. The SMILES string of the molecule is CCNc1ccc(C(F)(F)F)cc1C(=O)N1CCCC1. The Morgan fingerprint density at radius 2 is 1.95 bits per heavy atom. The summed E-state index contributed by atoms with van der Waals surface area (Å²) in [5, 5.41) is 2.94. The van der Waals surface area contributed by atoms with E-state index < -0.39 is 11.7 Å². The summed E-state index contributed by atoms with van der Waals surface area (Å²) < 4.78 is 38.3. The van der Waals surface area contributed by atoms with Crippen LogP contribution in [0.4, 0.5) is 18.9 Å². The van der Waals surface area contributed by atoms with Gasteiger partial charge in [0.2, 0.25) is 0 Å². The molecule has 0 radical (unpaired) electrons. The van der Waals surface area contributed by atoms with Crippen LogP contribution >= 0.6 is 0 Å². The maximum atomic E-state index is 12.8. The van der Waals surface area contributed by atoms with Gasteiger partial charge in [0.15, 0.2) is 0 Å². The van der Waals surface area contributed by atoms with Gasteiger partial charge in [-0.25, -0.2) is 0 Å². The molecule has 6 heteroatoms. The maximum Gasteiger partial charge on any atom is 0.416 e. The van der Waals surface area contributed by atoms with Gasteiger partial charge in [-0.05, 0) is 38.0 Å². The first-order valence-electron chi connectivity index (χ1n) is 6.68. The molecule has 0 bridgehead atoms. The number of halogens is 3. The molecule has 1 saturated heterocycles. The monoisotopic (exact) mass is 286 g/mol. The van der Waals surface area contributed by atoms with Gasteiger partial charge in [0.1, 0.15) is 0 Å². The Morgan fingerprint density at radius 3 is 2.50 bits per heavy atom. The van der Waals surface area contributed by atoms with Gasteiger partial charge in [-0.15, -0.1) is 0 Å². The number of benzene rings is 1. The number of nitrogens with zero attached hydrogens (tertiary/aromatic N) is 1. The number of anilines is 1. The average molecular weight is 286 g/mol. The van der Waals surface area contributed by atoms with Crippen LogP contribution in [0.2, 0.25) is 0 Å². The summed E-state index contributed by atoms with van der Waals surface area (Å²) in [6.07, 6.45) is -2.63. The first kappa shape index (κ1) is 14.7. The van der Waals surface area contributed by atoms with E-state index in [2.05, 4.69) is 5.32 Å². The normalized spacial score (nSPS) is 15.5. The first-order valence-corrected chi connectivity index (χ1v) is 6.68. The first-order chi connectivity index (χ1) is 9.43. The lowest BCUT2D eigenvalue weighted by molar-refractivity contribution is -0.137. The fraction of sp³-hybridized carbons (Fsp3) is 0.500. The highest BCUT2D eigenvalue weighted by molar-refractivity contribution is 6.00. The van der Waals surface area contributed by atoms with Gasteiger partial charge in [0.25, 0.3) is 5.91 Å². The molecule has 2 rings (SSSR count). The van der Waals surface area contributed by atoms with E-state index >= 15 is 0 Å². The Hall–Kier alpha value is -1.72. The molecule has 1 aliphatic heterocycles. The van der Waals surface area contributed by atoms with E-state index in [4.69, 9.17) is 0 Å². The van der Waals surface area contributed by atoms with Gasteiger partial charge in [-0.2, -0.15) is 13.2 Å². The van der Waals surface area contributed by atoms with Crippen molar-refractivity contribution < 1.29 is 18.0 Å². The van der Waals surface area contributed by atoms with Crippen molar-refractivity contribution in [1.82, 2.24) is 4.90 Å². The van der Waals surface area contributed by atoms with Gasteiger partial charge < -0.3 is 10.2 Å². The Bertz CT molecular complexity index is 494. The molecule has 20 heavy (non-hydrogen) atoms. The summed E-state index contributed by atoms with van der Waals surface area (Å²) in [4.78, 5) is 13.9. The van der Waals surface area contributed by atoms with Crippen LogP contribution in [0, 0.1) is 0 Å². The third kappa shape index (κ3) is 3.05. The Kier molecular flexibility index (Phi) is 4.20. The zero-order chi connectivity index (χ0) is 14.8. The molecule has 1 amide bonds. The zero-order valence-corrected chi connectivity index (χ0v) is 11.3. The van der Waals surface area contributed by atoms with Crippen LogP contribution in [0.15, 0.2) is 18.2 Å². The number of hydrogen-bond donors (Lipinski definition) is 1. The van der Waals surface area contributed by atoms with Crippen LogP contribution in [-0.4, -0.2) is 30.4 Å². The van der Waals surface area contributed by atoms with Crippen molar-refractivity contribution >= 4 is 11.6 Å². The Balaban J connectivity index is 2.38. The van der Waals surface area contributed by atoms with Crippen molar-refractivity contribution in [3.8, 4) is 0 Å². The van der Waals surface area contributed by atoms with Crippen molar-refractivity contribution in [3.05, 3.63) is 29.3 Å². The van der Waals surface area contributed by atoms with Crippen LogP contribution in [-0.2, 0) is 6.18 Å². The summed E-state index contributed by atoms with van der Waals surface area (Å²) in [7, 11) is 0. The van der Waals surface area contributed by atoms with Gasteiger partial charge in [-0.1, -0.05) is 0 Å². The molecule has 1 N–H and O–H groups in total. The van der Waals surface area contributed by atoms with Crippen molar-refractivity contribution in [2.24, 2.45) is 0 Å². The molecule has 0 aromatic heterocycles. The standard InChI is InChI=1S/C14H17F3N2O/c1-2-18-12-6-5-10(14(15,16)17)9-11(12)13(20)19-7-3-4-8-19/h5-6,9,18H,2-4,7-8H2,1H3. The third-order valence-corrected chi connectivity index (χ3v) is 3.34. The highest BCUT2D eigenvalue weighted by atomic mass is 19.4. The topological polar surface area (TPSA) is 32.3 Å². The molecule has 110 valence electrons. The Morgan fingerprint density at radius 1 is 1.30 bits per heavy atom. The number of amides is 1. The third-order valence-electron chi connectivity index (χ3n) is 3.34. The largest absolute Gasteiger partial charge is 0.416 e. The second-order valence-electron chi connectivity index (χ2n) is 4.79. The average Bonchev–Trinajstić information content (AvgIpc) is 2.91. The van der Waals surface area contributed by atoms with E-state index in [0.717, 1.165) is 25.0 Å². The van der Waals surface area contributed by atoms with Gasteiger partial charge >= 0.3 is 6.18 Å². The minimum Gasteiger partial charge on any atom is -0.385 e. The van der Waals surface area contributed by atoms with Crippen molar-refractivity contribution in [2.45, 2.75) is 25.9 Å². The van der Waals surface area contributed by atoms with Crippen LogP contribution in [0.5, 0.6) is 0 Å². The van der Waals surface area contributed by atoms with E-state index in [1.165, 1.54) is 6.07 Å². The summed E-state index contributed by atoms with van der Waals surface area (Å²) in [5.41, 5.74) is -0.234. The fourth-order valence-corrected chi connectivity index (χ4v) is 2.33. The molecule has 0 unspecified atom stereocenters. The van der Waals surface area contributed by atoms with E-state index in [9.17, 15) is 18.0 Å². The highest BCUT2D eigenvalue weighted by Gasteiger charge is 2.32. The van der Waals surface area contributed by atoms with E-state index in [1.54, 1.807) is 4.90 Å². The van der Waals surface area contributed by atoms with Crippen LogP contribution < -0.4 is 5.32 Å². The van der Waals surface area contributed by atoms with Gasteiger partial charge in [-0.3, -0.25) is 4.79 Å². The summed E-state index contributed by atoms with van der Waals surface area (Å²) in [6.45, 7) is 3.61. The van der Waals surface area contributed by atoms with Crippen LogP contribution in [0.3, 0.4) is 0 Å². The number of carbonyl (C=O) groups excluding carboxylic acids is 1. The molecule has 1 heterocycles. The molecular formula is C14H17F3N2O. The number of likely N-dealkylation sites (tertiary alicyclic amines) is 1. The lowest BCUT2D eigenvalue weighted by Crippen LogP contribution is -2.28. The molecule has 1 aliphatic rings. The predicted octanol–water partition coefficient (Wildman–Crippen LogP) is 3.37. The number of hydrogen-bond acceptors (Lipinski definition) is 2. The zero-order valence-electron chi connectivity index (χ0n) is 11.3. The molecular weight excluding hydrogens is 269 g/mol. The number of rotatable bonds is 3. The Labute approximate surface area is 115 Å². The van der Waals surface area contributed by atoms with Gasteiger partial charge in [0, 0.05) is 25.3 Å². The van der Waals surface area contributed by atoms with Crippen LogP contribution in [0.1, 0.15) is 35.7 Å². The maximum absolute atomic E-state index is 12.8. The molecule has 0 atom stereocenters. The van der Waals surface area contributed by atoms with Gasteiger partial charge in [0.05, 0.1) is 11.1 Å². The quantitative estimate of drug-likeness (QED) is 0.924. The number of nitrogens with one attached hydrogen (secondary N) is 1. The predicted molar refractivity (Wildman–Crippen MR) is 70.7 cm³/mol. The molecule has 0 saturated carbocycles. The summed E-state index contributed by atoms with van der Waals surface area (Å²) in [5.74, 6) is -0.329. The van der Waals surface area contributed by atoms with Crippen molar-refractivity contribution in [3.63, 3.8) is 0 Å².